The van der Waals surface area contributed by atoms with Crippen LogP contribution < -0.4 is 4.90 Å². The van der Waals surface area contributed by atoms with Crippen molar-refractivity contribution in [3.8, 4) is 0 Å². The van der Waals surface area contributed by atoms with Crippen LogP contribution >= 0.6 is 0 Å². The molecule has 1 aromatic heterocycles. The van der Waals surface area contributed by atoms with Crippen LogP contribution in [0.4, 0.5) is 5.69 Å². The fourth-order valence-corrected chi connectivity index (χ4v) is 2.21. The van der Waals surface area contributed by atoms with E-state index in [0.29, 0.717) is 0 Å². The minimum Gasteiger partial charge on any atom is -0.361 e. The summed E-state index contributed by atoms with van der Waals surface area (Å²) in [6.45, 7) is 4.03. The van der Waals surface area contributed by atoms with Crippen LogP contribution in [0, 0.1) is 6.92 Å². The molecule has 3 nitrogen and oxygen atoms in total. The van der Waals surface area contributed by atoms with E-state index in [2.05, 4.69) is 46.3 Å². The number of aryl methyl sites for hydroxylation is 1. The lowest BCUT2D eigenvalue weighted by Crippen LogP contribution is -2.16. The van der Waals surface area contributed by atoms with Gasteiger partial charge in [-0.25, -0.2) is 0 Å². The Morgan fingerprint density at radius 3 is 2.25 bits per heavy atom. The van der Waals surface area contributed by atoms with Gasteiger partial charge in [-0.15, -0.1) is 0 Å². The standard InChI is InChI=1S/C13H13N3/c1-10-6-14-15-7-13(10)16-8-11-4-2-3-5-12(11)9-16/h2-7H,8-9H2,1H3. The van der Waals surface area contributed by atoms with Crippen LogP contribution in [-0.2, 0) is 13.1 Å². The average Bonchev–Trinajstić information content (AvgIpc) is 2.73. The smallest absolute Gasteiger partial charge is 0.0732 e. The van der Waals surface area contributed by atoms with Crippen molar-refractivity contribution in [3.05, 3.63) is 53.3 Å². The summed E-state index contributed by atoms with van der Waals surface area (Å²) in [5.41, 5.74) is 5.20. The van der Waals surface area contributed by atoms with Crippen LogP contribution in [0.5, 0.6) is 0 Å². The summed E-state index contributed by atoms with van der Waals surface area (Å²) < 4.78 is 0. The molecule has 1 aromatic carbocycles. The van der Waals surface area contributed by atoms with Gasteiger partial charge in [0, 0.05) is 13.1 Å². The first-order chi connectivity index (χ1) is 7.84. The van der Waals surface area contributed by atoms with Crippen molar-refractivity contribution in [2.75, 3.05) is 4.90 Å². The van der Waals surface area contributed by atoms with E-state index in [9.17, 15) is 0 Å². The second kappa shape index (κ2) is 3.59. The lowest BCUT2D eigenvalue weighted by molar-refractivity contribution is 0.857. The van der Waals surface area contributed by atoms with E-state index in [1.54, 1.807) is 0 Å². The molecule has 0 fully saturated rings. The van der Waals surface area contributed by atoms with E-state index in [1.807, 2.05) is 12.4 Å². The molecule has 1 aliphatic heterocycles. The Morgan fingerprint density at radius 2 is 1.62 bits per heavy atom. The molecule has 0 atom stereocenters. The Bertz CT molecular complexity index is 497. The highest BCUT2D eigenvalue weighted by Gasteiger charge is 2.19. The number of benzene rings is 1. The van der Waals surface area contributed by atoms with Gasteiger partial charge in [0.05, 0.1) is 18.1 Å². The molecule has 0 radical (unpaired) electrons. The summed E-state index contributed by atoms with van der Waals surface area (Å²) in [4.78, 5) is 2.34. The van der Waals surface area contributed by atoms with Crippen LogP contribution in [-0.4, -0.2) is 10.2 Å². The normalized spacial score (nSPS) is 13.9. The maximum atomic E-state index is 3.96. The summed E-state index contributed by atoms with van der Waals surface area (Å²) in [5, 5.41) is 7.85. The highest BCUT2D eigenvalue weighted by atomic mass is 15.2. The van der Waals surface area contributed by atoms with Crippen molar-refractivity contribution >= 4 is 5.69 Å². The van der Waals surface area contributed by atoms with Crippen LogP contribution in [0.25, 0.3) is 0 Å². The number of hydrogen-bond acceptors (Lipinski definition) is 3. The molecule has 0 spiro atoms. The van der Waals surface area contributed by atoms with Gasteiger partial charge in [-0.1, -0.05) is 24.3 Å². The predicted octanol–water partition coefficient (Wildman–Crippen LogP) is 2.31. The molecular formula is C13H13N3. The van der Waals surface area contributed by atoms with Crippen molar-refractivity contribution in [1.82, 2.24) is 10.2 Å². The Kier molecular flexibility index (Phi) is 2.10. The molecule has 3 rings (SSSR count). The zero-order valence-corrected chi connectivity index (χ0v) is 9.22. The Morgan fingerprint density at radius 1 is 1.00 bits per heavy atom. The molecule has 2 heterocycles. The summed E-state index contributed by atoms with van der Waals surface area (Å²) in [5.74, 6) is 0. The Hall–Kier alpha value is -1.90. The molecule has 0 bridgehead atoms. The predicted molar refractivity (Wildman–Crippen MR) is 63.1 cm³/mol. The number of fused-ring (bicyclic) bond motifs is 1. The van der Waals surface area contributed by atoms with Gasteiger partial charge in [0.1, 0.15) is 0 Å². The third-order valence-corrected chi connectivity index (χ3v) is 3.08. The van der Waals surface area contributed by atoms with Gasteiger partial charge in [-0.3, -0.25) is 0 Å². The molecule has 16 heavy (non-hydrogen) atoms. The van der Waals surface area contributed by atoms with Gasteiger partial charge in [-0.2, -0.15) is 10.2 Å². The highest BCUT2D eigenvalue weighted by molar-refractivity contribution is 5.54. The lowest BCUT2D eigenvalue weighted by Gasteiger charge is -2.18. The van der Waals surface area contributed by atoms with Gasteiger partial charge in [-0.05, 0) is 23.6 Å². The summed E-state index contributed by atoms with van der Waals surface area (Å²) in [6, 6.07) is 8.58. The van der Waals surface area contributed by atoms with Crippen molar-refractivity contribution in [1.29, 1.82) is 0 Å². The molecule has 3 heteroatoms. The van der Waals surface area contributed by atoms with E-state index < -0.39 is 0 Å². The second-order valence-electron chi connectivity index (χ2n) is 4.18. The summed E-state index contributed by atoms with van der Waals surface area (Å²) >= 11 is 0. The molecule has 0 saturated carbocycles. The van der Waals surface area contributed by atoms with Gasteiger partial charge >= 0.3 is 0 Å². The number of rotatable bonds is 1. The molecule has 1 aliphatic rings. The molecule has 2 aromatic rings. The molecule has 0 saturated heterocycles. The Labute approximate surface area is 94.7 Å². The number of anilines is 1. The van der Waals surface area contributed by atoms with Gasteiger partial charge < -0.3 is 4.90 Å². The van der Waals surface area contributed by atoms with Crippen LogP contribution in [0.15, 0.2) is 36.7 Å². The quantitative estimate of drug-likeness (QED) is 0.724. The molecule has 0 unspecified atom stereocenters. The Balaban J connectivity index is 1.95. The van der Waals surface area contributed by atoms with Crippen LogP contribution in [0.1, 0.15) is 16.7 Å². The molecule has 80 valence electrons. The minimum absolute atomic E-state index is 0.975. The molecule has 0 amide bonds. The van der Waals surface area contributed by atoms with E-state index in [4.69, 9.17) is 0 Å². The topological polar surface area (TPSA) is 29.0 Å². The van der Waals surface area contributed by atoms with Crippen LogP contribution in [0.3, 0.4) is 0 Å². The van der Waals surface area contributed by atoms with Crippen molar-refractivity contribution in [3.63, 3.8) is 0 Å². The van der Waals surface area contributed by atoms with Crippen molar-refractivity contribution < 1.29 is 0 Å². The van der Waals surface area contributed by atoms with Crippen molar-refractivity contribution in [2.45, 2.75) is 20.0 Å². The van der Waals surface area contributed by atoms with Crippen LogP contribution in [0.2, 0.25) is 0 Å². The first kappa shape index (κ1) is 9.33. The van der Waals surface area contributed by atoms with Crippen molar-refractivity contribution in [2.24, 2.45) is 0 Å². The molecular weight excluding hydrogens is 198 g/mol. The number of nitrogens with zero attached hydrogens (tertiary/aromatic N) is 3. The third kappa shape index (κ3) is 1.45. The zero-order valence-electron chi connectivity index (χ0n) is 9.22. The fourth-order valence-electron chi connectivity index (χ4n) is 2.21. The molecule has 0 N–H and O–H groups in total. The second-order valence-corrected chi connectivity index (χ2v) is 4.18. The van der Waals surface area contributed by atoms with E-state index in [0.717, 1.165) is 13.1 Å². The SMILES string of the molecule is Cc1cnncc1N1Cc2ccccc2C1. The maximum Gasteiger partial charge on any atom is 0.0732 e. The molecule has 0 aliphatic carbocycles. The van der Waals surface area contributed by atoms with Gasteiger partial charge in [0.2, 0.25) is 0 Å². The monoisotopic (exact) mass is 211 g/mol. The first-order valence-corrected chi connectivity index (χ1v) is 5.43. The maximum absolute atomic E-state index is 3.96. The van der Waals surface area contributed by atoms with E-state index in [-0.39, 0.29) is 0 Å². The highest BCUT2D eigenvalue weighted by Crippen LogP contribution is 2.28. The fraction of sp³-hybridized carbons (Fsp3) is 0.231. The minimum atomic E-state index is 0.975. The zero-order chi connectivity index (χ0) is 11.0. The van der Waals surface area contributed by atoms with E-state index in [1.165, 1.54) is 22.4 Å². The lowest BCUT2D eigenvalue weighted by atomic mass is 10.1. The average molecular weight is 211 g/mol. The summed E-state index contributed by atoms with van der Waals surface area (Å²) in [7, 11) is 0. The number of aromatic nitrogens is 2. The van der Waals surface area contributed by atoms with E-state index >= 15 is 0 Å². The van der Waals surface area contributed by atoms with Gasteiger partial charge in [0.15, 0.2) is 0 Å². The first-order valence-electron chi connectivity index (χ1n) is 5.43. The number of hydrogen-bond donors (Lipinski definition) is 0. The van der Waals surface area contributed by atoms with Gasteiger partial charge in [0.25, 0.3) is 0 Å². The largest absolute Gasteiger partial charge is 0.361 e. The summed E-state index contributed by atoms with van der Waals surface area (Å²) in [6.07, 6.45) is 3.67. The third-order valence-electron chi connectivity index (χ3n) is 3.08.